The number of benzene rings is 1. The lowest BCUT2D eigenvalue weighted by Gasteiger charge is -2.09. The maximum absolute atomic E-state index is 11.9. The van der Waals surface area contributed by atoms with E-state index in [2.05, 4.69) is 15.5 Å². The van der Waals surface area contributed by atoms with E-state index in [1.165, 1.54) is 23.1 Å². The van der Waals surface area contributed by atoms with Crippen molar-refractivity contribution in [2.75, 3.05) is 31.0 Å². The fourth-order valence-corrected chi connectivity index (χ4v) is 2.92. The maximum atomic E-state index is 11.9. The highest BCUT2D eigenvalue weighted by atomic mass is 32.2. The standard InChI is InChI=1S/C12H14N4O3S2/c1-18-8-3-7(4-9(5-8)19-2)14-10(17)6-20-12-16-15-11(13)21-12/h3-5H,6H2,1-2H3,(H2,13,15)(H,14,17). The molecule has 2 rings (SSSR count). The highest BCUT2D eigenvalue weighted by Gasteiger charge is 2.09. The number of thioether (sulfide) groups is 1. The van der Waals surface area contributed by atoms with E-state index in [-0.39, 0.29) is 11.7 Å². The molecule has 0 aliphatic rings. The van der Waals surface area contributed by atoms with E-state index in [1.807, 2.05) is 0 Å². The lowest BCUT2D eigenvalue weighted by atomic mass is 10.2. The second kappa shape index (κ2) is 7.14. The maximum Gasteiger partial charge on any atom is 0.234 e. The number of nitrogen functional groups attached to an aromatic ring is 1. The zero-order valence-corrected chi connectivity index (χ0v) is 13.1. The van der Waals surface area contributed by atoms with E-state index >= 15 is 0 Å². The molecule has 0 aliphatic heterocycles. The molecule has 0 saturated heterocycles. The average Bonchev–Trinajstić information content (AvgIpc) is 2.90. The van der Waals surface area contributed by atoms with Gasteiger partial charge in [0.25, 0.3) is 0 Å². The SMILES string of the molecule is COc1cc(NC(=O)CSc2nnc(N)s2)cc(OC)c1. The second-order valence-corrected chi connectivity index (χ2v) is 6.08. The van der Waals surface area contributed by atoms with Gasteiger partial charge in [-0.1, -0.05) is 23.1 Å². The third-order valence-electron chi connectivity index (χ3n) is 2.38. The van der Waals surface area contributed by atoms with Gasteiger partial charge in [-0.25, -0.2) is 0 Å². The highest BCUT2D eigenvalue weighted by molar-refractivity contribution is 8.01. The van der Waals surface area contributed by atoms with Gasteiger partial charge in [0.15, 0.2) is 4.34 Å². The molecule has 21 heavy (non-hydrogen) atoms. The first kappa shape index (κ1) is 15.4. The second-order valence-electron chi connectivity index (χ2n) is 3.84. The molecule has 3 N–H and O–H groups in total. The average molecular weight is 326 g/mol. The predicted octanol–water partition coefficient (Wildman–Crippen LogP) is 1.87. The van der Waals surface area contributed by atoms with Gasteiger partial charge in [0.1, 0.15) is 11.5 Å². The van der Waals surface area contributed by atoms with Crippen molar-refractivity contribution in [1.29, 1.82) is 0 Å². The Morgan fingerprint density at radius 1 is 1.29 bits per heavy atom. The molecule has 1 amide bonds. The van der Waals surface area contributed by atoms with Gasteiger partial charge in [0.2, 0.25) is 11.0 Å². The van der Waals surface area contributed by atoms with Crippen LogP contribution in [0.25, 0.3) is 0 Å². The van der Waals surface area contributed by atoms with E-state index in [9.17, 15) is 4.79 Å². The summed E-state index contributed by atoms with van der Waals surface area (Å²) in [4.78, 5) is 11.9. The van der Waals surface area contributed by atoms with Gasteiger partial charge in [-0.3, -0.25) is 4.79 Å². The molecule has 0 spiro atoms. The molecule has 9 heteroatoms. The summed E-state index contributed by atoms with van der Waals surface area (Å²) in [6.45, 7) is 0. The topological polar surface area (TPSA) is 99.4 Å². The number of carbonyl (C=O) groups is 1. The van der Waals surface area contributed by atoms with Crippen molar-refractivity contribution in [3.63, 3.8) is 0 Å². The van der Waals surface area contributed by atoms with Crippen LogP contribution >= 0.6 is 23.1 Å². The Kier molecular flexibility index (Phi) is 5.23. The van der Waals surface area contributed by atoms with Crippen LogP contribution < -0.4 is 20.5 Å². The lowest BCUT2D eigenvalue weighted by Crippen LogP contribution is -2.14. The van der Waals surface area contributed by atoms with Crippen LogP contribution in [0.2, 0.25) is 0 Å². The number of carbonyl (C=O) groups excluding carboxylic acids is 1. The Morgan fingerprint density at radius 3 is 2.48 bits per heavy atom. The number of amides is 1. The molecule has 0 saturated carbocycles. The van der Waals surface area contributed by atoms with Crippen LogP contribution in [0.15, 0.2) is 22.5 Å². The normalized spacial score (nSPS) is 10.2. The predicted molar refractivity (Wildman–Crippen MR) is 83.2 cm³/mol. The number of nitrogens with one attached hydrogen (secondary N) is 1. The Morgan fingerprint density at radius 2 is 1.95 bits per heavy atom. The molecule has 0 fully saturated rings. The van der Waals surface area contributed by atoms with Gasteiger partial charge in [0, 0.05) is 23.9 Å². The first-order valence-electron chi connectivity index (χ1n) is 5.85. The summed E-state index contributed by atoms with van der Waals surface area (Å²) in [5.74, 6) is 1.27. The van der Waals surface area contributed by atoms with E-state index in [4.69, 9.17) is 15.2 Å². The number of hydrogen-bond acceptors (Lipinski definition) is 8. The quantitative estimate of drug-likeness (QED) is 0.782. The zero-order chi connectivity index (χ0) is 15.2. The van der Waals surface area contributed by atoms with Gasteiger partial charge in [0.05, 0.1) is 20.0 Å². The van der Waals surface area contributed by atoms with E-state index < -0.39 is 0 Å². The first-order chi connectivity index (χ1) is 10.1. The number of aromatic nitrogens is 2. The fraction of sp³-hybridized carbons (Fsp3) is 0.250. The van der Waals surface area contributed by atoms with Crippen molar-refractivity contribution in [3.05, 3.63) is 18.2 Å². The van der Waals surface area contributed by atoms with E-state index in [0.29, 0.717) is 26.7 Å². The zero-order valence-electron chi connectivity index (χ0n) is 11.5. The molecule has 1 aromatic carbocycles. The van der Waals surface area contributed by atoms with Crippen molar-refractivity contribution in [1.82, 2.24) is 10.2 Å². The van der Waals surface area contributed by atoms with E-state index in [0.717, 1.165) is 0 Å². The minimum atomic E-state index is -0.163. The largest absolute Gasteiger partial charge is 0.497 e. The van der Waals surface area contributed by atoms with E-state index in [1.54, 1.807) is 32.4 Å². The van der Waals surface area contributed by atoms with Crippen LogP contribution in [0.4, 0.5) is 10.8 Å². The summed E-state index contributed by atoms with van der Waals surface area (Å²) in [5, 5.41) is 10.7. The molecule has 0 aliphatic carbocycles. The Hall–Kier alpha value is -2.00. The number of nitrogens with two attached hydrogens (primary N) is 1. The summed E-state index contributed by atoms with van der Waals surface area (Å²) < 4.78 is 10.9. The van der Waals surface area contributed by atoms with Crippen molar-refractivity contribution in [2.24, 2.45) is 0 Å². The number of hydrogen-bond donors (Lipinski definition) is 2. The minimum absolute atomic E-state index is 0.163. The van der Waals surface area contributed by atoms with Crippen LogP contribution in [0, 0.1) is 0 Å². The molecule has 2 aromatic rings. The Labute approximate surface area is 129 Å². The molecule has 0 radical (unpaired) electrons. The van der Waals surface area contributed by atoms with Gasteiger partial charge in [-0.15, -0.1) is 10.2 Å². The first-order valence-corrected chi connectivity index (χ1v) is 7.65. The number of rotatable bonds is 6. The monoisotopic (exact) mass is 326 g/mol. The third-order valence-corrected chi connectivity index (χ3v) is 4.27. The molecule has 0 bridgehead atoms. The van der Waals surface area contributed by atoms with Gasteiger partial charge in [-0.2, -0.15) is 0 Å². The Balaban J connectivity index is 1.95. The Bertz CT molecular complexity index is 610. The van der Waals surface area contributed by atoms with Crippen LogP contribution in [0.5, 0.6) is 11.5 Å². The summed E-state index contributed by atoms with van der Waals surface area (Å²) in [6.07, 6.45) is 0. The van der Waals surface area contributed by atoms with Crippen LogP contribution in [0.1, 0.15) is 0 Å². The number of anilines is 2. The smallest absolute Gasteiger partial charge is 0.234 e. The van der Waals surface area contributed by atoms with Crippen molar-refractivity contribution in [2.45, 2.75) is 4.34 Å². The number of ether oxygens (including phenoxy) is 2. The van der Waals surface area contributed by atoms with Crippen molar-refractivity contribution in [3.8, 4) is 11.5 Å². The van der Waals surface area contributed by atoms with Crippen LogP contribution in [0.3, 0.4) is 0 Å². The number of methoxy groups -OCH3 is 2. The summed E-state index contributed by atoms with van der Waals surface area (Å²) >= 11 is 2.53. The fourth-order valence-electron chi connectivity index (χ4n) is 1.48. The summed E-state index contributed by atoms with van der Waals surface area (Å²) in [5.41, 5.74) is 6.08. The molecule has 112 valence electrons. The summed E-state index contributed by atoms with van der Waals surface area (Å²) in [6, 6.07) is 5.16. The molecular weight excluding hydrogens is 312 g/mol. The van der Waals surface area contributed by atoms with Crippen LogP contribution in [-0.2, 0) is 4.79 Å². The number of nitrogens with zero attached hydrogens (tertiary/aromatic N) is 2. The van der Waals surface area contributed by atoms with Crippen molar-refractivity contribution >= 4 is 39.8 Å². The molecule has 0 atom stereocenters. The summed E-state index contributed by atoms with van der Waals surface area (Å²) in [7, 11) is 3.10. The van der Waals surface area contributed by atoms with Crippen LogP contribution in [-0.4, -0.2) is 36.1 Å². The third kappa shape index (κ3) is 4.50. The van der Waals surface area contributed by atoms with Gasteiger partial charge in [-0.05, 0) is 0 Å². The molecule has 1 heterocycles. The molecule has 0 unspecified atom stereocenters. The highest BCUT2D eigenvalue weighted by Crippen LogP contribution is 2.27. The molecule has 7 nitrogen and oxygen atoms in total. The van der Waals surface area contributed by atoms with Gasteiger partial charge < -0.3 is 20.5 Å². The van der Waals surface area contributed by atoms with Crippen molar-refractivity contribution < 1.29 is 14.3 Å². The van der Waals surface area contributed by atoms with Gasteiger partial charge >= 0.3 is 0 Å². The molecule has 1 aromatic heterocycles. The molecular formula is C12H14N4O3S2. The minimum Gasteiger partial charge on any atom is -0.497 e. The lowest BCUT2D eigenvalue weighted by molar-refractivity contribution is -0.113.